The van der Waals surface area contributed by atoms with Crippen LogP contribution in [0, 0.1) is 0 Å². The van der Waals surface area contributed by atoms with Crippen molar-refractivity contribution >= 4 is 22.0 Å². The van der Waals surface area contributed by atoms with E-state index >= 15 is 0 Å². The van der Waals surface area contributed by atoms with Crippen LogP contribution >= 0.6 is 15.9 Å². The van der Waals surface area contributed by atoms with Crippen molar-refractivity contribution in [1.82, 2.24) is 10.6 Å². The van der Waals surface area contributed by atoms with E-state index in [0.29, 0.717) is 6.54 Å². The van der Waals surface area contributed by atoms with Gasteiger partial charge in [0, 0.05) is 11.0 Å². The fourth-order valence-electron chi connectivity index (χ4n) is 2.29. The van der Waals surface area contributed by atoms with Gasteiger partial charge in [-0.05, 0) is 37.0 Å². The van der Waals surface area contributed by atoms with Gasteiger partial charge >= 0.3 is 6.03 Å². The zero-order valence-electron chi connectivity index (χ0n) is 12.7. The lowest BCUT2D eigenvalue weighted by molar-refractivity contribution is 0.238. The van der Waals surface area contributed by atoms with E-state index in [1.54, 1.807) is 0 Å². The van der Waals surface area contributed by atoms with E-state index in [9.17, 15) is 4.79 Å². The van der Waals surface area contributed by atoms with Gasteiger partial charge in [-0.15, -0.1) is 0 Å². The Morgan fingerprint density at radius 2 is 1.77 bits per heavy atom. The molecular weight excluding hydrogens is 340 g/mol. The van der Waals surface area contributed by atoms with Crippen LogP contribution < -0.4 is 10.6 Å². The van der Waals surface area contributed by atoms with E-state index in [1.807, 2.05) is 49.4 Å². The monoisotopic (exact) mass is 360 g/mol. The normalized spacial score (nSPS) is 11.7. The molecular formula is C18H21BrN2O. The van der Waals surface area contributed by atoms with E-state index in [0.717, 1.165) is 22.9 Å². The first-order chi connectivity index (χ1) is 10.7. The zero-order chi connectivity index (χ0) is 15.8. The lowest BCUT2D eigenvalue weighted by Gasteiger charge is -2.16. The van der Waals surface area contributed by atoms with E-state index < -0.39 is 0 Å². The van der Waals surface area contributed by atoms with Gasteiger partial charge in [0.25, 0.3) is 0 Å². The second-order valence-corrected chi connectivity index (χ2v) is 6.09. The van der Waals surface area contributed by atoms with Gasteiger partial charge in [0.05, 0.1) is 6.04 Å². The molecule has 0 spiro atoms. The molecule has 2 rings (SSSR count). The Bertz CT molecular complexity index is 601. The Morgan fingerprint density at radius 1 is 1.09 bits per heavy atom. The third-order valence-corrected chi connectivity index (χ3v) is 4.21. The van der Waals surface area contributed by atoms with Gasteiger partial charge in [-0.25, -0.2) is 4.79 Å². The third kappa shape index (κ3) is 5.19. The largest absolute Gasteiger partial charge is 0.338 e. The molecule has 2 N–H and O–H groups in total. The molecule has 0 aliphatic carbocycles. The summed E-state index contributed by atoms with van der Waals surface area (Å²) < 4.78 is 1.01. The maximum Gasteiger partial charge on any atom is 0.315 e. The first-order valence-electron chi connectivity index (χ1n) is 7.49. The number of benzene rings is 2. The Kier molecular flexibility index (Phi) is 6.46. The van der Waals surface area contributed by atoms with Gasteiger partial charge in [-0.1, -0.05) is 64.5 Å². The summed E-state index contributed by atoms with van der Waals surface area (Å²) >= 11 is 3.50. The summed E-state index contributed by atoms with van der Waals surface area (Å²) in [6, 6.07) is 18.0. The standard InChI is InChI=1S/C18H21BrN2O/c1-14(16-11-5-6-12-17(16)19)21-18(22)20-13-7-10-15-8-3-2-4-9-15/h2-6,8-9,11-12,14H,7,10,13H2,1H3,(H2,20,21,22). The summed E-state index contributed by atoms with van der Waals surface area (Å²) in [5.41, 5.74) is 2.37. The quantitative estimate of drug-likeness (QED) is 0.734. The van der Waals surface area contributed by atoms with Crippen molar-refractivity contribution in [1.29, 1.82) is 0 Å². The summed E-state index contributed by atoms with van der Waals surface area (Å²) in [6.07, 6.45) is 1.90. The molecule has 0 saturated heterocycles. The lowest BCUT2D eigenvalue weighted by atomic mass is 10.1. The Balaban J connectivity index is 1.71. The second-order valence-electron chi connectivity index (χ2n) is 5.23. The number of aryl methyl sites for hydroxylation is 1. The zero-order valence-corrected chi connectivity index (χ0v) is 14.3. The van der Waals surface area contributed by atoms with Crippen molar-refractivity contribution in [2.45, 2.75) is 25.8 Å². The Labute approximate surface area is 140 Å². The van der Waals surface area contributed by atoms with Crippen molar-refractivity contribution in [3.63, 3.8) is 0 Å². The van der Waals surface area contributed by atoms with Gasteiger partial charge in [0.15, 0.2) is 0 Å². The van der Waals surface area contributed by atoms with Crippen molar-refractivity contribution in [2.75, 3.05) is 6.54 Å². The van der Waals surface area contributed by atoms with Crippen LogP contribution in [0.5, 0.6) is 0 Å². The maximum absolute atomic E-state index is 11.9. The number of carbonyl (C=O) groups excluding carboxylic acids is 1. The van der Waals surface area contributed by atoms with E-state index in [-0.39, 0.29) is 12.1 Å². The molecule has 1 unspecified atom stereocenters. The fourth-order valence-corrected chi connectivity index (χ4v) is 2.92. The average molecular weight is 361 g/mol. The summed E-state index contributed by atoms with van der Waals surface area (Å²) in [6.45, 7) is 2.65. The number of urea groups is 1. The van der Waals surface area contributed by atoms with Crippen LogP contribution in [0.4, 0.5) is 4.79 Å². The molecule has 22 heavy (non-hydrogen) atoms. The van der Waals surface area contributed by atoms with E-state index in [2.05, 4.69) is 38.7 Å². The molecule has 0 aliphatic heterocycles. The van der Waals surface area contributed by atoms with Gasteiger partial charge in [-0.2, -0.15) is 0 Å². The fraction of sp³-hybridized carbons (Fsp3) is 0.278. The maximum atomic E-state index is 11.9. The average Bonchev–Trinajstić information content (AvgIpc) is 2.53. The number of nitrogens with one attached hydrogen (secondary N) is 2. The predicted molar refractivity (Wildman–Crippen MR) is 93.9 cm³/mol. The molecule has 2 amide bonds. The molecule has 3 nitrogen and oxygen atoms in total. The van der Waals surface area contributed by atoms with Crippen molar-refractivity contribution in [3.05, 3.63) is 70.2 Å². The first-order valence-corrected chi connectivity index (χ1v) is 8.29. The van der Waals surface area contributed by atoms with Crippen LogP contribution in [0.25, 0.3) is 0 Å². The summed E-state index contributed by atoms with van der Waals surface area (Å²) in [4.78, 5) is 11.9. The molecule has 116 valence electrons. The number of halogens is 1. The van der Waals surface area contributed by atoms with E-state index in [4.69, 9.17) is 0 Å². The van der Waals surface area contributed by atoms with Crippen LogP contribution in [0.2, 0.25) is 0 Å². The molecule has 1 atom stereocenters. The first kappa shape index (κ1) is 16.6. The molecule has 2 aromatic rings. The molecule has 0 aromatic heterocycles. The van der Waals surface area contributed by atoms with Gasteiger partial charge in [0.2, 0.25) is 0 Å². The van der Waals surface area contributed by atoms with Crippen LogP contribution in [0.15, 0.2) is 59.1 Å². The van der Waals surface area contributed by atoms with Crippen LogP contribution in [-0.4, -0.2) is 12.6 Å². The van der Waals surface area contributed by atoms with E-state index in [1.165, 1.54) is 5.56 Å². The molecule has 0 radical (unpaired) electrons. The number of rotatable bonds is 6. The number of carbonyl (C=O) groups is 1. The van der Waals surface area contributed by atoms with Crippen LogP contribution in [0.1, 0.15) is 30.5 Å². The van der Waals surface area contributed by atoms with Crippen molar-refractivity contribution in [3.8, 4) is 0 Å². The van der Waals surface area contributed by atoms with Gasteiger partial charge < -0.3 is 10.6 Å². The number of hydrogen-bond donors (Lipinski definition) is 2. The summed E-state index contributed by atoms with van der Waals surface area (Å²) in [7, 11) is 0. The molecule has 0 bridgehead atoms. The predicted octanol–water partition coefficient (Wildman–Crippen LogP) is 4.44. The molecule has 0 fully saturated rings. The third-order valence-electron chi connectivity index (χ3n) is 3.49. The molecule has 0 saturated carbocycles. The minimum absolute atomic E-state index is 0.0373. The topological polar surface area (TPSA) is 41.1 Å². The highest BCUT2D eigenvalue weighted by atomic mass is 79.9. The van der Waals surface area contributed by atoms with Crippen LogP contribution in [-0.2, 0) is 6.42 Å². The SMILES string of the molecule is CC(NC(=O)NCCCc1ccccc1)c1ccccc1Br. The Hall–Kier alpha value is -1.81. The molecule has 4 heteroatoms. The smallest absolute Gasteiger partial charge is 0.315 e. The van der Waals surface area contributed by atoms with Gasteiger partial charge in [-0.3, -0.25) is 0 Å². The second kappa shape index (κ2) is 8.59. The van der Waals surface area contributed by atoms with Crippen molar-refractivity contribution in [2.24, 2.45) is 0 Å². The minimum Gasteiger partial charge on any atom is -0.338 e. The van der Waals surface area contributed by atoms with Gasteiger partial charge in [0.1, 0.15) is 0 Å². The van der Waals surface area contributed by atoms with Crippen molar-refractivity contribution < 1.29 is 4.79 Å². The molecule has 2 aromatic carbocycles. The summed E-state index contributed by atoms with van der Waals surface area (Å²) in [5, 5.41) is 5.86. The highest BCUT2D eigenvalue weighted by Crippen LogP contribution is 2.22. The minimum atomic E-state index is -0.128. The lowest BCUT2D eigenvalue weighted by Crippen LogP contribution is -2.37. The number of hydrogen-bond acceptors (Lipinski definition) is 1. The Morgan fingerprint density at radius 3 is 2.50 bits per heavy atom. The highest BCUT2D eigenvalue weighted by Gasteiger charge is 2.11. The molecule has 0 aliphatic rings. The summed E-state index contributed by atoms with van der Waals surface area (Å²) in [5.74, 6) is 0. The highest BCUT2D eigenvalue weighted by molar-refractivity contribution is 9.10. The van der Waals surface area contributed by atoms with Crippen LogP contribution in [0.3, 0.4) is 0 Å². The number of amides is 2. The molecule has 0 heterocycles.